The van der Waals surface area contributed by atoms with Gasteiger partial charge in [-0.25, -0.2) is 5.01 Å². The number of rotatable bonds is 5. The molecule has 35 heavy (non-hydrogen) atoms. The second kappa shape index (κ2) is 9.45. The molecule has 0 bridgehead atoms. The molecular weight excluding hydrogens is 436 g/mol. The van der Waals surface area contributed by atoms with Crippen molar-refractivity contribution in [3.8, 4) is 0 Å². The molecule has 1 aromatic heterocycles. The number of nitrogens with zero attached hydrogens (tertiary/aromatic N) is 4. The van der Waals surface area contributed by atoms with Crippen LogP contribution in [0.1, 0.15) is 47.0 Å². The van der Waals surface area contributed by atoms with E-state index >= 15 is 0 Å². The average molecular weight is 469 g/mol. The number of anilines is 2. The molecule has 1 aliphatic heterocycles. The summed E-state index contributed by atoms with van der Waals surface area (Å²) in [5, 5.41) is 6.61. The van der Waals surface area contributed by atoms with Crippen LogP contribution in [0.15, 0.2) is 82.0 Å². The van der Waals surface area contributed by atoms with Crippen LogP contribution in [0.4, 0.5) is 11.4 Å². The van der Waals surface area contributed by atoms with E-state index in [1.54, 1.807) is 17.1 Å². The number of hydrogen-bond donors (Lipinski definition) is 0. The van der Waals surface area contributed by atoms with Gasteiger partial charge in [-0.2, -0.15) is 5.10 Å². The highest BCUT2D eigenvalue weighted by molar-refractivity contribution is 6.09. The van der Waals surface area contributed by atoms with Gasteiger partial charge in [0.05, 0.1) is 18.0 Å². The molecule has 3 aromatic rings. The zero-order valence-corrected chi connectivity index (χ0v) is 20.8. The third kappa shape index (κ3) is 4.48. The Morgan fingerprint density at radius 1 is 0.971 bits per heavy atom. The second-order valence-corrected chi connectivity index (χ2v) is 9.70. The minimum absolute atomic E-state index is 0.153. The Hall–Kier alpha value is -3.80. The lowest BCUT2D eigenvalue weighted by Gasteiger charge is -2.29. The topological polar surface area (TPSA) is 52.3 Å². The smallest absolute Gasteiger partial charge is 0.310 e. The molecule has 2 aromatic carbocycles. The van der Waals surface area contributed by atoms with Crippen molar-refractivity contribution in [3.05, 3.63) is 89.4 Å². The largest absolute Gasteiger partial charge is 0.459 e. The SMILES string of the molecule is CN(C)c1ccc(/C=C2\CCC[C@@H]3C2=NN(C(=O)c2ccco2)[C@H]3c2ccc(N(C)C)cc2)cc1. The van der Waals surface area contributed by atoms with Crippen LogP contribution in [0, 0.1) is 5.92 Å². The highest BCUT2D eigenvalue weighted by Gasteiger charge is 2.44. The van der Waals surface area contributed by atoms with E-state index in [4.69, 9.17) is 9.52 Å². The predicted molar refractivity (Wildman–Crippen MR) is 142 cm³/mol. The number of fused-ring (bicyclic) bond motifs is 1. The standard InChI is InChI=1S/C29H32N4O2/c1-31(2)23-14-10-20(11-15-23)19-22-7-5-8-25-27(22)30-33(29(34)26-9-6-18-35-26)28(25)21-12-16-24(17-13-21)32(3)4/h6,9-19,25,28H,5,7-8H2,1-4H3/b22-19+/t25-,28+/m1/s1. The number of amides is 1. The van der Waals surface area contributed by atoms with Gasteiger partial charge >= 0.3 is 5.91 Å². The van der Waals surface area contributed by atoms with Gasteiger partial charge in [0.1, 0.15) is 0 Å². The van der Waals surface area contributed by atoms with Crippen LogP contribution < -0.4 is 9.80 Å². The van der Waals surface area contributed by atoms with Gasteiger partial charge in [-0.15, -0.1) is 0 Å². The molecule has 6 heteroatoms. The molecule has 1 saturated carbocycles. The maximum Gasteiger partial charge on any atom is 0.310 e. The van der Waals surface area contributed by atoms with Gasteiger partial charge < -0.3 is 14.2 Å². The predicted octanol–water partition coefficient (Wildman–Crippen LogP) is 5.85. The van der Waals surface area contributed by atoms with Crippen molar-refractivity contribution in [2.75, 3.05) is 38.0 Å². The third-order valence-electron chi connectivity index (χ3n) is 6.94. The van der Waals surface area contributed by atoms with Crippen molar-refractivity contribution in [2.45, 2.75) is 25.3 Å². The van der Waals surface area contributed by atoms with Gasteiger partial charge in [0, 0.05) is 45.5 Å². The van der Waals surface area contributed by atoms with Crippen LogP contribution in [0.25, 0.3) is 6.08 Å². The quantitative estimate of drug-likeness (QED) is 0.471. The Bertz CT molecular complexity index is 1240. The van der Waals surface area contributed by atoms with E-state index in [0.29, 0.717) is 5.76 Å². The molecule has 5 rings (SSSR count). The highest BCUT2D eigenvalue weighted by atomic mass is 16.3. The monoisotopic (exact) mass is 468 g/mol. The Kier molecular flexibility index (Phi) is 6.20. The minimum Gasteiger partial charge on any atom is -0.459 e. The van der Waals surface area contributed by atoms with Gasteiger partial charge in [-0.1, -0.05) is 24.3 Å². The molecule has 2 aliphatic rings. The minimum atomic E-state index is -0.201. The van der Waals surface area contributed by atoms with E-state index in [2.05, 4.69) is 64.4 Å². The first kappa shape index (κ1) is 23.0. The molecule has 1 fully saturated rings. The fourth-order valence-corrected chi connectivity index (χ4v) is 5.05. The van der Waals surface area contributed by atoms with E-state index in [1.165, 1.54) is 17.5 Å². The molecule has 2 atom stereocenters. The average Bonchev–Trinajstić information content (AvgIpc) is 3.53. The van der Waals surface area contributed by atoms with Crippen LogP contribution >= 0.6 is 0 Å². The van der Waals surface area contributed by atoms with E-state index in [1.807, 2.05) is 28.2 Å². The number of benzene rings is 2. The fraction of sp³-hybridized carbons (Fsp3) is 0.310. The first-order valence-corrected chi connectivity index (χ1v) is 12.1. The summed E-state index contributed by atoms with van der Waals surface area (Å²) in [4.78, 5) is 17.6. The lowest BCUT2D eigenvalue weighted by Crippen LogP contribution is -2.31. The normalized spacial score (nSPS) is 20.5. The highest BCUT2D eigenvalue weighted by Crippen LogP contribution is 2.45. The number of carbonyl (C=O) groups excluding carboxylic acids is 1. The zero-order valence-electron chi connectivity index (χ0n) is 20.8. The molecule has 1 aliphatic carbocycles. The summed E-state index contributed by atoms with van der Waals surface area (Å²) in [5.41, 5.74) is 6.77. The molecular formula is C29H32N4O2. The summed E-state index contributed by atoms with van der Waals surface area (Å²) < 4.78 is 5.46. The van der Waals surface area contributed by atoms with Crippen molar-refractivity contribution in [2.24, 2.45) is 11.0 Å². The van der Waals surface area contributed by atoms with Gasteiger partial charge in [0.15, 0.2) is 5.76 Å². The van der Waals surface area contributed by atoms with E-state index in [-0.39, 0.29) is 17.9 Å². The molecule has 0 N–H and O–H groups in total. The summed E-state index contributed by atoms with van der Waals surface area (Å²) in [6.45, 7) is 0. The van der Waals surface area contributed by atoms with Gasteiger partial charge in [0.2, 0.25) is 0 Å². The van der Waals surface area contributed by atoms with Crippen molar-refractivity contribution >= 4 is 29.1 Å². The van der Waals surface area contributed by atoms with Crippen LogP contribution in [-0.4, -0.2) is 44.8 Å². The Morgan fingerprint density at radius 3 is 2.23 bits per heavy atom. The third-order valence-corrected chi connectivity index (χ3v) is 6.94. The number of hydrogen-bond acceptors (Lipinski definition) is 5. The molecule has 6 nitrogen and oxygen atoms in total. The summed E-state index contributed by atoms with van der Waals surface area (Å²) in [6, 6.07) is 20.3. The summed E-state index contributed by atoms with van der Waals surface area (Å²) >= 11 is 0. The molecule has 180 valence electrons. The maximum absolute atomic E-state index is 13.5. The molecule has 0 unspecified atom stereocenters. The van der Waals surface area contributed by atoms with Gasteiger partial charge in [-0.05, 0) is 78.4 Å². The molecule has 0 spiro atoms. The Morgan fingerprint density at radius 2 is 1.63 bits per heavy atom. The zero-order chi connectivity index (χ0) is 24.5. The lowest BCUT2D eigenvalue weighted by atomic mass is 9.77. The first-order valence-electron chi connectivity index (χ1n) is 12.1. The molecule has 1 amide bonds. The first-order chi connectivity index (χ1) is 16.9. The van der Waals surface area contributed by atoms with Crippen molar-refractivity contribution in [1.82, 2.24) is 5.01 Å². The molecule has 0 radical (unpaired) electrons. The van der Waals surface area contributed by atoms with E-state index in [9.17, 15) is 4.79 Å². The van der Waals surface area contributed by atoms with Crippen molar-refractivity contribution in [1.29, 1.82) is 0 Å². The summed E-state index contributed by atoms with van der Waals surface area (Å²) in [6.07, 6.45) is 6.79. The summed E-state index contributed by atoms with van der Waals surface area (Å²) in [5.74, 6) is 0.265. The second-order valence-electron chi connectivity index (χ2n) is 9.70. The molecule has 0 saturated heterocycles. The van der Waals surface area contributed by atoms with Gasteiger partial charge in [0.25, 0.3) is 0 Å². The van der Waals surface area contributed by atoms with E-state index in [0.717, 1.165) is 41.8 Å². The maximum atomic E-state index is 13.5. The van der Waals surface area contributed by atoms with Crippen LogP contribution in [0.2, 0.25) is 0 Å². The number of carbonyl (C=O) groups is 1. The number of furan rings is 1. The number of hydrazone groups is 1. The fourth-order valence-electron chi connectivity index (χ4n) is 5.05. The van der Waals surface area contributed by atoms with E-state index < -0.39 is 0 Å². The van der Waals surface area contributed by atoms with Crippen molar-refractivity contribution < 1.29 is 9.21 Å². The van der Waals surface area contributed by atoms with Gasteiger partial charge in [-0.3, -0.25) is 4.79 Å². The van der Waals surface area contributed by atoms with Crippen molar-refractivity contribution in [3.63, 3.8) is 0 Å². The Balaban J connectivity index is 1.53. The lowest BCUT2D eigenvalue weighted by molar-refractivity contribution is 0.0648. The Labute approximate surface area is 207 Å². The summed E-state index contributed by atoms with van der Waals surface area (Å²) in [7, 11) is 8.15. The van der Waals surface area contributed by atoms with Crippen LogP contribution in [-0.2, 0) is 0 Å². The molecule has 2 heterocycles. The van der Waals surface area contributed by atoms with Crippen LogP contribution in [0.3, 0.4) is 0 Å². The number of allylic oxidation sites excluding steroid dienone is 1. The van der Waals surface area contributed by atoms with Crippen LogP contribution in [0.5, 0.6) is 0 Å².